The molecular weight excluding hydrogens is 312 g/mol. The number of hydrogen-bond donors (Lipinski definition) is 0. The molecule has 0 aliphatic heterocycles. The van der Waals surface area contributed by atoms with Gasteiger partial charge < -0.3 is 9.30 Å². The number of hydrogen-bond acceptors (Lipinski definition) is 3. The highest BCUT2D eigenvalue weighted by Crippen LogP contribution is 2.28. The minimum Gasteiger partial charge on any atom is -0.492 e. The maximum atomic E-state index is 12.5. The van der Waals surface area contributed by atoms with E-state index in [1.165, 1.54) is 0 Å². The summed E-state index contributed by atoms with van der Waals surface area (Å²) in [4.78, 5) is 16.5. The molecule has 0 N–H and O–H groups in total. The molecule has 124 valence electrons. The molecule has 4 nitrogen and oxygen atoms in total. The van der Waals surface area contributed by atoms with Gasteiger partial charge in [0.1, 0.15) is 12.4 Å². The molecular formula is C21H18N2O2. The summed E-state index contributed by atoms with van der Waals surface area (Å²) in [6.07, 6.45) is 8.09. The minimum absolute atomic E-state index is 0.127. The lowest BCUT2D eigenvalue weighted by molar-refractivity contribution is 0.104. The molecule has 0 unspecified atom stereocenters. The lowest BCUT2D eigenvalue weighted by atomic mass is 10.1. The van der Waals surface area contributed by atoms with Crippen molar-refractivity contribution < 1.29 is 9.53 Å². The van der Waals surface area contributed by atoms with Crippen LogP contribution in [0.5, 0.6) is 5.75 Å². The fraction of sp³-hybridized carbons (Fsp3) is 0.143. The van der Waals surface area contributed by atoms with Gasteiger partial charge in [0.25, 0.3) is 0 Å². The maximum Gasteiger partial charge on any atom is 0.189 e. The van der Waals surface area contributed by atoms with Crippen LogP contribution in [0.25, 0.3) is 6.08 Å². The second-order valence-electron chi connectivity index (χ2n) is 6.05. The van der Waals surface area contributed by atoms with Gasteiger partial charge in [-0.15, -0.1) is 0 Å². The lowest BCUT2D eigenvalue weighted by Gasteiger charge is -2.07. The van der Waals surface area contributed by atoms with Crippen LogP contribution in [0.2, 0.25) is 0 Å². The molecule has 2 aromatic carbocycles. The van der Waals surface area contributed by atoms with Crippen LogP contribution < -0.4 is 4.74 Å². The third-order valence-corrected chi connectivity index (χ3v) is 4.31. The van der Waals surface area contributed by atoms with Crippen molar-refractivity contribution in [2.45, 2.75) is 13.0 Å². The van der Waals surface area contributed by atoms with Crippen LogP contribution in [0.4, 0.5) is 0 Å². The molecule has 0 bridgehead atoms. The molecule has 4 rings (SSSR count). The summed E-state index contributed by atoms with van der Waals surface area (Å²) in [6.45, 7) is 1.32. The third-order valence-electron chi connectivity index (χ3n) is 4.31. The summed E-state index contributed by atoms with van der Waals surface area (Å²) in [5.41, 5.74) is 3.74. The molecule has 0 spiro atoms. The molecule has 1 aromatic heterocycles. The summed E-state index contributed by atoms with van der Waals surface area (Å²) in [6, 6.07) is 15.6. The van der Waals surface area contributed by atoms with E-state index in [1.54, 1.807) is 12.5 Å². The Kier molecular flexibility index (Phi) is 4.17. The normalized spacial score (nSPS) is 14.7. The van der Waals surface area contributed by atoms with Crippen LogP contribution in [0.15, 0.2) is 72.8 Å². The number of nitrogens with zero attached hydrogens (tertiary/aromatic N) is 2. The number of benzene rings is 2. The fourth-order valence-electron chi connectivity index (χ4n) is 3.05. The number of Topliss-reactive ketones (excluding diaryl/α,β-unsaturated/α-hetero) is 1. The van der Waals surface area contributed by atoms with Crippen LogP contribution in [0, 0.1) is 0 Å². The number of ether oxygens (including phenoxy) is 1. The number of carbonyl (C=O) groups excluding carboxylic acids is 1. The van der Waals surface area contributed by atoms with Crippen LogP contribution in [-0.4, -0.2) is 21.9 Å². The van der Waals surface area contributed by atoms with Gasteiger partial charge in [-0.25, -0.2) is 4.98 Å². The molecule has 0 radical (unpaired) electrons. The highest BCUT2D eigenvalue weighted by atomic mass is 16.5. The van der Waals surface area contributed by atoms with E-state index in [2.05, 4.69) is 4.98 Å². The molecule has 0 fully saturated rings. The smallest absolute Gasteiger partial charge is 0.189 e. The van der Waals surface area contributed by atoms with Gasteiger partial charge in [-0.05, 0) is 29.3 Å². The second-order valence-corrected chi connectivity index (χ2v) is 6.05. The van der Waals surface area contributed by atoms with E-state index in [4.69, 9.17) is 4.74 Å². The Balaban J connectivity index is 1.46. The van der Waals surface area contributed by atoms with Crippen LogP contribution in [0.1, 0.15) is 21.5 Å². The van der Waals surface area contributed by atoms with Gasteiger partial charge in [-0.2, -0.15) is 0 Å². The molecule has 25 heavy (non-hydrogen) atoms. The summed E-state index contributed by atoms with van der Waals surface area (Å²) in [5, 5.41) is 0. The van der Waals surface area contributed by atoms with Gasteiger partial charge in [-0.3, -0.25) is 4.79 Å². The standard InChI is InChI=1S/C21H18N2O2/c24-21-18(14-17-5-1-2-7-20(17)21)12-16-4-3-6-19(13-16)25-11-10-23-9-8-22-15-23/h1-9,12-13,15H,10-11,14H2/b18-12+. The SMILES string of the molecule is O=C1/C(=C/c2cccc(OCCn3ccnc3)c2)Cc2ccccc21. The van der Waals surface area contributed by atoms with E-state index in [9.17, 15) is 4.79 Å². The maximum absolute atomic E-state index is 12.5. The van der Waals surface area contributed by atoms with Gasteiger partial charge in [0.2, 0.25) is 0 Å². The first-order chi connectivity index (χ1) is 12.3. The Morgan fingerprint density at radius 3 is 2.92 bits per heavy atom. The number of allylic oxidation sites excluding steroid dienone is 1. The quantitative estimate of drug-likeness (QED) is 0.669. The summed E-state index contributed by atoms with van der Waals surface area (Å²) in [7, 11) is 0. The highest BCUT2D eigenvalue weighted by Gasteiger charge is 2.23. The van der Waals surface area contributed by atoms with Crippen LogP contribution >= 0.6 is 0 Å². The number of rotatable bonds is 5. The van der Waals surface area contributed by atoms with Crippen LogP contribution in [0.3, 0.4) is 0 Å². The van der Waals surface area contributed by atoms with Gasteiger partial charge in [0.05, 0.1) is 12.9 Å². The monoisotopic (exact) mass is 330 g/mol. The highest BCUT2D eigenvalue weighted by molar-refractivity contribution is 6.15. The van der Waals surface area contributed by atoms with E-state index in [1.807, 2.05) is 65.4 Å². The molecule has 0 amide bonds. The van der Waals surface area contributed by atoms with Gasteiger partial charge in [0, 0.05) is 30.0 Å². The van der Waals surface area contributed by atoms with E-state index < -0.39 is 0 Å². The molecule has 3 aromatic rings. The number of ketones is 1. The first kappa shape index (κ1) is 15.4. The Morgan fingerprint density at radius 1 is 1.16 bits per heavy atom. The molecule has 1 heterocycles. The molecule has 1 aliphatic carbocycles. The number of fused-ring (bicyclic) bond motifs is 1. The topological polar surface area (TPSA) is 44.1 Å². The predicted molar refractivity (Wildman–Crippen MR) is 96.6 cm³/mol. The number of imidazole rings is 1. The summed E-state index contributed by atoms with van der Waals surface area (Å²) >= 11 is 0. The first-order valence-electron chi connectivity index (χ1n) is 8.31. The molecule has 0 saturated heterocycles. The van der Waals surface area contributed by atoms with E-state index >= 15 is 0 Å². The Labute approximate surface area is 146 Å². The van der Waals surface area contributed by atoms with Crippen molar-refractivity contribution in [2.24, 2.45) is 0 Å². The van der Waals surface area contributed by atoms with Crippen molar-refractivity contribution in [3.8, 4) is 5.75 Å². The van der Waals surface area contributed by atoms with E-state index in [-0.39, 0.29) is 5.78 Å². The molecule has 4 heteroatoms. The fourth-order valence-corrected chi connectivity index (χ4v) is 3.05. The zero-order valence-electron chi connectivity index (χ0n) is 13.8. The van der Waals surface area contributed by atoms with Crippen molar-refractivity contribution in [3.05, 3.63) is 89.5 Å². The average molecular weight is 330 g/mol. The summed E-state index contributed by atoms with van der Waals surface area (Å²) < 4.78 is 7.78. The first-order valence-corrected chi connectivity index (χ1v) is 8.31. The zero-order chi connectivity index (χ0) is 17.1. The predicted octanol–water partition coefficient (Wildman–Crippen LogP) is 3.78. The molecule has 0 saturated carbocycles. The van der Waals surface area contributed by atoms with Gasteiger partial charge in [0.15, 0.2) is 5.78 Å². The van der Waals surface area contributed by atoms with Crippen molar-refractivity contribution in [1.82, 2.24) is 9.55 Å². The summed E-state index contributed by atoms with van der Waals surface area (Å²) in [5.74, 6) is 0.930. The van der Waals surface area contributed by atoms with Crippen molar-refractivity contribution >= 4 is 11.9 Å². The third kappa shape index (κ3) is 3.38. The van der Waals surface area contributed by atoms with Crippen LogP contribution in [-0.2, 0) is 13.0 Å². The Bertz CT molecular complexity index is 927. The van der Waals surface area contributed by atoms with E-state index in [0.717, 1.165) is 34.6 Å². The second kappa shape index (κ2) is 6.77. The van der Waals surface area contributed by atoms with Gasteiger partial charge in [-0.1, -0.05) is 36.4 Å². The lowest BCUT2D eigenvalue weighted by Crippen LogP contribution is -2.06. The largest absolute Gasteiger partial charge is 0.492 e. The Hall–Kier alpha value is -3.14. The Morgan fingerprint density at radius 2 is 2.08 bits per heavy atom. The zero-order valence-corrected chi connectivity index (χ0v) is 13.8. The molecule has 0 atom stereocenters. The van der Waals surface area contributed by atoms with Crippen molar-refractivity contribution in [1.29, 1.82) is 0 Å². The van der Waals surface area contributed by atoms with Crippen molar-refractivity contribution in [3.63, 3.8) is 0 Å². The average Bonchev–Trinajstić information content (AvgIpc) is 3.25. The van der Waals surface area contributed by atoms with Gasteiger partial charge >= 0.3 is 0 Å². The number of aromatic nitrogens is 2. The molecule has 1 aliphatic rings. The van der Waals surface area contributed by atoms with E-state index in [0.29, 0.717) is 13.0 Å². The van der Waals surface area contributed by atoms with Crippen molar-refractivity contribution in [2.75, 3.05) is 6.61 Å². The number of carbonyl (C=O) groups is 1. The minimum atomic E-state index is 0.127.